The molecule has 88 valence electrons. The van der Waals surface area contributed by atoms with E-state index in [1.165, 1.54) is 0 Å². The Kier molecular flexibility index (Phi) is 5.38. The molecule has 0 aliphatic carbocycles. The number of benzene rings is 1. The standard InChI is InChI=1S/C10H11Cl2NO3/c1-2-16-13-10(14)6-15-9-4-3-7(11)5-8(9)12/h3-5H,2,6H2,1H3,(H,13,14). The molecule has 0 saturated carbocycles. The minimum atomic E-state index is -0.382. The summed E-state index contributed by atoms with van der Waals surface area (Å²) in [5, 5.41) is 0.868. The van der Waals surface area contributed by atoms with Gasteiger partial charge in [-0.25, -0.2) is 5.48 Å². The fourth-order valence-electron chi connectivity index (χ4n) is 0.918. The number of nitrogens with one attached hydrogen (secondary N) is 1. The molecule has 0 bridgehead atoms. The van der Waals surface area contributed by atoms with Gasteiger partial charge < -0.3 is 4.74 Å². The van der Waals surface area contributed by atoms with E-state index in [0.717, 1.165) is 0 Å². The third kappa shape index (κ3) is 4.26. The minimum absolute atomic E-state index is 0.165. The third-order valence-electron chi connectivity index (χ3n) is 1.58. The normalized spacial score (nSPS) is 9.94. The van der Waals surface area contributed by atoms with Gasteiger partial charge >= 0.3 is 0 Å². The number of carbonyl (C=O) groups is 1. The van der Waals surface area contributed by atoms with Crippen LogP contribution in [0.3, 0.4) is 0 Å². The molecule has 0 atom stereocenters. The molecule has 1 aromatic carbocycles. The predicted molar refractivity (Wildman–Crippen MR) is 61.7 cm³/mol. The van der Waals surface area contributed by atoms with E-state index < -0.39 is 0 Å². The molecule has 0 spiro atoms. The summed E-state index contributed by atoms with van der Waals surface area (Å²) in [6, 6.07) is 4.76. The number of amides is 1. The largest absolute Gasteiger partial charge is 0.482 e. The van der Waals surface area contributed by atoms with Gasteiger partial charge in [-0.05, 0) is 25.1 Å². The Hall–Kier alpha value is -0.970. The van der Waals surface area contributed by atoms with Crippen LogP contribution in [0.1, 0.15) is 6.92 Å². The first-order chi connectivity index (χ1) is 7.63. The maximum atomic E-state index is 11.1. The van der Waals surface area contributed by atoms with Crippen molar-refractivity contribution >= 4 is 29.1 Å². The molecule has 6 heteroatoms. The van der Waals surface area contributed by atoms with E-state index in [4.69, 9.17) is 32.8 Å². The van der Waals surface area contributed by atoms with Crippen molar-refractivity contribution in [3.63, 3.8) is 0 Å². The van der Waals surface area contributed by atoms with Crippen LogP contribution in [0.25, 0.3) is 0 Å². The number of ether oxygens (including phenoxy) is 1. The van der Waals surface area contributed by atoms with Crippen LogP contribution >= 0.6 is 23.2 Å². The van der Waals surface area contributed by atoms with Gasteiger partial charge in [-0.2, -0.15) is 0 Å². The van der Waals surface area contributed by atoms with Gasteiger partial charge in [-0.3, -0.25) is 9.63 Å². The first-order valence-corrected chi connectivity index (χ1v) is 5.37. The highest BCUT2D eigenvalue weighted by molar-refractivity contribution is 6.35. The van der Waals surface area contributed by atoms with E-state index in [9.17, 15) is 4.79 Å². The summed E-state index contributed by atoms with van der Waals surface area (Å²) in [7, 11) is 0. The molecule has 0 aliphatic heterocycles. The average Bonchev–Trinajstić information content (AvgIpc) is 2.25. The molecule has 1 N–H and O–H groups in total. The quantitative estimate of drug-likeness (QED) is 0.831. The summed E-state index contributed by atoms with van der Waals surface area (Å²) >= 11 is 11.6. The average molecular weight is 264 g/mol. The highest BCUT2D eigenvalue weighted by Crippen LogP contribution is 2.27. The summed E-state index contributed by atoms with van der Waals surface area (Å²) in [4.78, 5) is 15.8. The van der Waals surface area contributed by atoms with Gasteiger partial charge in [0.2, 0.25) is 0 Å². The van der Waals surface area contributed by atoms with Crippen molar-refractivity contribution in [2.45, 2.75) is 6.92 Å². The summed E-state index contributed by atoms with van der Waals surface area (Å²) in [6.45, 7) is 1.99. The fourth-order valence-corrected chi connectivity index (χ4v) is 1.38. The Labute approximate surface area is 103 Å². The van der Waals surface area contributed by atoms with Crippen LogP contribution in [0.4, 0.5) is 0 Å². The van der Waals surface area contributed by atoms with E-state index in [1.807, 2.05) is 0 Å². The second-order valence-corrected chi connectivity index (χ2v) is 3.67. The van der Waals surface area contributed by atoms with Crippen LogP contribution in [0.5, 0.6) is 5.75 Å². The molecule has 0 saturated heterocycles. The number of halogens is 2. The molecule has 1 aromatic rings. The van der Waals surface area contributed by atoms with Crippen molar-refractivity contribution in [1.82, 2.24) is 5.48 Å². The zero-order chi connectivity index (χ0) is 12.0. The van der Waals surface area contributed by atoms with Crippen molar-refractivity contribution in [2.24, 2.45) is 0 Å². The summed E-state index contributed by atoms with van der Waals surface area (Å²) in [5.74, 6) is 0.0191. The van der Waals surface area contributed by atoms with Gasteiger partial charge in [0, 0.05) is 5.02 Å². The van der Waals surface area contributed by atoms with Crippen LogP contribution in [0.2, 0.25) is 10.0 Å². The van der Waals surface area contributed by atoms with Crippen LogP contribution in [0.15, 0.2) is 18.2 Å². The van der Waals surface area contributed by atoms with E-state index in [0.29, 0.717) is 22.4 Å². The maximum absolute atomic E-state index is 11.1. The van der Waals surface area contributed by atoms with E-state index >= 15 is 0 Å². The first-order valence-electron chi connectivity index (χ1n) is 4.62. The van der Waals surface area contributed by atoms with Gasteiger partial charge in [0.15, 0.2) is 6.61 Å². The van der Waals surface area contributed by atoms with Crippen molar-refractivity contribution in [3.8, 4) is 5.75 Å². The molecule has 16 heavy (non-hydrogen) atoms. The molecule has 0 aliphatic rings. The highest BCUT2D eigenvalue weighted by atomic mass is 35.5. The first kappa shape index (κ1) is 13.1. The van der Waals surface area contributed by atoms with Gasteiger partial charge in [0.1, 0.15) is 5.75 Å². The van der Waals surface area contributed by atoms with Crippen LogP contribution in [-0.4, -0.2) is 19.1 Å². The maximum Gasteiger partial charge on any atom is 0.281 e. The molecule has 1 amide bonds. The highest BCUT2D eigenvalue weighted by Gasteiger charge is 2.05. The smallest absolute Gasteiger partial charge is 0.281 e. The Morgan fingerprint density at radius 2 is 2.19 bits per heavy atom. The fraction of sp³-hybridized carbons (Fsp3) is 0.300. The van der Waals surface area contributed by atoms with E-state index in [-0.39, 0.29) is 12.5 Å². The van der Waals surface area contributed by atoms with Crippen molar-refractivity contribution in [3.05, 3.63) is 28.2 Å². The third-order valence-corrected chi connectivity index (χ3v) is 2.11. The Morgan fingerprint density at radius 1 is 1.44 bits per heavy atom. The van der Waals surface area contributed by atoms with Gasteiger partial charge in [-0.15, -0.1) is 0 Å². The topological polar surface area (TPSA) is 47.6 Å². The second kappa shape index (κ2) is 6.58. The number of carbonyl (C=O) groups excluding carboxylic acids is 1. The lowest BCUT2D eigenvalue weighted by atomic mass is 10.3. The zero-order valence-electron chi connectivity index (χ0n) is 8.63. The predicted octanol–water partition coefficient (Wildman–Crippen LogP) is 2.44. The van der Waals surface area contributed by atoms with Crippen molar-refractivity contribution < 1.29 is 14.4 Å². The zero-order valence-corrected chi connectivity index (χ0v) is 10.1. The monoisotopic (exact) mass is 263 g/mol. The number of hydroxylamine groups is 1. The summed E-state index contributed by atoms with van der Waals surface area (Å²) in [5.41, 5.74) is 2.20. The van der Waals surface area contributed by atoms with Gasteiger partial charge in [0.05, 0.1) is 11.6 Å². The van der Waals surface area contributed by atoms with Crippen molar-refractivity contribution in [1.29, 1.82) is 0 Å². The Balaban J connectivity index is 2.45. The SMILES string of the molecule is CCONC(=O)COc1ccc(Cl)cc1Cl. The number of rotatable bonds is 5. The number of hydrogen-bond donors (Lipinski definition) is 1. The molecular formula is C10H11Cl2NO3. The summed E-state index contributed by atoms with van der Waals surface area (Å²) in [6.07, 6.45) is 0. The molecule has 0 unspecified atom stereocenters. The lowest BCUT2D eigenvalue weighted by Gasteiger charge is -2.08. The van der Waals surface area contributed by atoms with Crippen LogP contribution in [0, 0.1) is 0 Å². The van der Waals surface area contributed by atoms with Crippen LogP contribution in [-0.2, 0) is 9.63 Å². The van der Waals surface area contributed by atoms with E-state index in [1.54, 1.807) is 25.1 Å². The molecule has 0 radical (unpaired) electrons. The van der Waals surface area contributed by atoms with Gasteiger partial charge in [-0.1, -0.05) is 23.2 Å². The number of hydrogen-bond acceptors (Lipinski definition) is 3. The molecular weight excluding hydrogens is 253 g/mol. The van der Waals surface area contributed by atoms with Crippen molar-refractivity contribution in [2.75, 3.05) is 13.2 Å². The molecule has 0 aromatic heterocycles. The Bertz CT molecular complexity index is 371. The lowest BCUT2D eigenvalue weighted by molar-refractivity contribution is -0.135. The summed E-state index contributed by atoms with van der Waals surface area (Å²) < 4.78 is 5.17. The van der Waals surface area contributed by atoms with Crippen LogP contribution < -0.4 is 10.2 Å². The molecule has 0 fully saturated rings. The second-order valence-electron chi connectivity index (χ2n) is 2.82. The van der Waals surface area contributed by atoms with Gasteiger partial charge in [0.25, 0.3) is 5.91 Å². The minimum Gasteiger partial charge on any atom is -0.482 e. The Morgan fingerprint density at radius 3 is 2.81 bits per heavy atom. The lowest BCUT2D eigenvalue weighted by Crippen LogP contribution is -2.29. The molecule has 0 heterocycles. The van der Waals surface area contributed by atoms with E-state index in [2.05, 4.69) is 5.48 Å². The molecule has 1 rings (SSSR count). The molecule has 4 nitrogen and oxygen atoms in total.